The number of hydrogen-bond donors (Lipinski definition) is 1. The van der Waals surface area contributed by atoms with Gasteiger partial charge in [0.2, 0.25) is 0 Å². The highest BCUT2D eigenvalue weighted by molar-refractivity contribution is 5.46. The van der Waals surface area contributed by atoms with Crippen molar-refractivity contribution < 1.29 is 0 Å². The van der Waals surface area contributed by atoms with Crippen LogP contribution in [0.2, 0.25) is 0 Å². The number of para-hydroxylation sites is 1. The number of nitrogens with zero attached hydrogens (tertiary/aromatic N) is 1. The Balaban J connectivity index is 2.75. The molecule has 0 saturated heterocycles. The van der Waals surface area contributed by atoms with E-state index in [1.807, 2.05) is 0 Å². The Hall–Kier alpha value is -1.02. The van der Waals surface area contributed by atoms with Gasteiger partial charge in [0.15, 0.2) is 0 Å². The fraction of sp³-hybridized carbons (Fsp3) is 0.684. The number of hydrogen-bond acceptors (Lipinski definition) is 2. The van der Waals surface area contributed by atoms with Crippen LogP contribution in [0.4, 0.5) is 5.69 Å². The van der Waals surface area contributed by atoms with Gasteiger partial charge in [0.05, 0.1) is 0 Å². The number of unbranched alkanes of at least 4 members (excludes halogenated alkanes) is 1. The third-order valence-electron chi connectivity index (χ3n) is 4.37. The van der Waals surface area contributed by atoms with Crippen LogP contribution in [0.3, 0.4) is 0 Å². The second-order valence-electron chi connectivity index (χ2n) is 6.78. The Labute approximate surface area is 131 Å². The van der Waals surface area contributed by atoms with Crippen LogP contribution in [-0.4, -0.2) is 25.7 Å². The predicted molar refractivity (Wildman–Crippen MR) is 95.1 cm³/mol. The smallest absolute Gasteiger partial charge is 0.0366 e. The van der Waals surface area contributed by atoms with Gasteiger partial charge in [0.25, 0.3) is 0 Å². The molecule has 0 heterocycles. The van der Waals surface area contributed by atoms with Gasteiger partial charge >= 0.3 is 0 Å². The van der Waals surface area contributed by atoms with Crippen LogP contribution in [-0.2, 0) is 0 Å². The lowest BCUT2D eigenvalue weighted by Gasteiger charge is -2.39. The van der Waals surface area contributed by atoms with E-state index in [1.165, 1.54) is 24.9 Å². The summed E-state index contributed by atoms with van der Waals surface area (Å²) in [6.07, 6.45) is 3.69. The molecular formula is C19H34N2. The summed E-state index contributed by atoms with van der Waals surface area (Å²) in [5, 5.41) is 3.66. The molecule has 0 spiro atoms. The van der Waals surface area contributed by atoms with E-state index in [2.05, 4.69) is 75.2 Å². The van der Waals surface area contributed by atoms with Gasteiger partial charge in [0.1, 0.15) is 0 Å². The topological polar surface area (TPSA) is 15.3 Å². The Morgan fingerprint density at radius 1 is 1.10 bits per heavy atom. The van der Waals surface area contributed by atoms with E-state index >= 15 is 0 Å². The minimum absolute atomic E-state index is 0.249. The molecule has 0 saturated carbocycles. The summed E-state index contributed by atoms with van der Waals surface area (Å²) < 4.78 is 0. The van der Waals surface area contributed by atoms with Crippen molar-refractivity contribution in [1.29, 1.82) is 0 Å². The zero-order valence-corrected chi connectivity index (χ0v) is 14.7. The van der Waals surface area contributed by atoms with Crippen LogP contribution >= 0.6 is 0 Å². The molecule has 0 amide bonds. The number of anilines is 1. The molecular weight excluding hydrogens is 256 g/mol. The first kappa shape index (κ1) is 18.0. The van der Waals surface area contributed by atoms with E-state index in [4.69, 9.17) is 0 Å². The van der Waals surface area contributed by atoms with Crippen molar-refractivity contribution in [2.45, 2.75) is 59.9 Å². The maximum Gasteiger partial charge on any atom is 0.0366 e. The van der Waals surface area contributed by atoms with E-state index < -0.39 is 0 Å². The van der Waals surface area contributed by atoms with Gasteiger partial charge in [-0.25, -0.2) is 0 Å². The van der Waals surface area contributed by atoms with Gasteiger partial charge in [-0.1, -0.05) is 52.3 Å². The second kappa shape index (κ2) is 9.09. The molecule has 1 N–H and O–H groups in total. The van der Waals surface area contributed by atoms with E-state index in [1.54, 1.807) is 0 Å². The minimum atomic E-state index is 0.249. The molecule has 1 atom stereocenters. The SMILES string of the molecule is CCCCN(CC(C)(C)C(C)NCCC)c1ccccc1. The van der Waals surface area contributed by atoms with Crippen LogP contribution in [0.5, 0.6) is 0 Å². The number of nitrogens with one attached hydrogen (secondary N) is 1. The third kappa shape index (κ3) is 6.09. The third-order valence-corrected chi connectivity index (χ3v) is 4.37. The maximum absolute atomic E-state index is 3.66. The summed E-state index contributed by atoms with van der Waals surface area (Å²) >= 11 is 0. The van der Waals surface area contributed by atoms with Gasteiger partial charge in [-0.3, -0.25) is 0 Å². The average Bonchev–Trinajstić information content (AvgIpc) is 2.49. The monoisotopic (exact) mass is 290 g/mol. The zero-order chi connectivity index (χ0) is 15.7. The van der Waals surface area contributed by atoms with Crippen molar-refractivity contribution in [2.75, 3.05) is 24.5 Å². The van der Waals surface area contributed by atoms with Crippen LogP contribution < -0.4 is 10.2 Å². The zero-order valence-electron chi connectivity index (χ0n) is 14.7. The Morgan fingerprint density at radius 3 is 2.33 bits per heavy atom. The first-order valence-corrected chi connectivity index (χ1v) is 8.54. The Kier molecular flexibility index (Phi) is 7.81. The fourth-order valence-electron chi connectivity index (χ4n) is 2.55. The quantitative estimate of drug-likeness (QED) is 0.671. The minimum Gasteiger partial charge on any atom is -0.371 e. The molecule has 2 nitrogen and oxygen atoms in total. The summed E-state index contributed by atoms with van der Waals surface area (Å²) in [5.74, 6) is 0. The second-order valence-corrected chi connectivity index (χ2v) is 6.78. The standard InChI is InChI=1S/C19H34N2/c1-6-8-15-21(18-12-10-9-11-13-18)16-19(4,5)17(3)20-14-7-2/h9-13,17,20H,6-8,14-16H2,1-5H3. The predicted octanol–water partition coefficient (Wildman–Crippen LogP) is 4.71. The van der Waals surface area contributed by atoms with Crippen LogP contribution in [0.25, 0.3) is 0 Å². The first-order valence-electron chi connectivity index (χ1n) is 8.54. The first-order chi connectivity index (χ1) is 10.0. The van der Waals surface area contributed by atoms with Crippen LogP contribution in [0.15, 0.2) is 30.3 Å². The molecule has 0 aromatic heterocycles. The van der Waals surface area contributed by atoms with Crippen LogP contribution in [0, 0.1) is 5.41 Å². The van der Waals surface area contributed by atoms with Crippen LogP contribution in [0.1, 0.15) is 53.9 Å². The molecule has 0 fully saturated rings. The van der Waals surface area contributed by atoms with Gasteiger partial charge in [-0.2, -0.15) is 0 Å². The lowest BCUT2D eigenvalue weighted by Crippen LogP contribution is -2.47. The number of benzene rings is 1. The lowest BCUT2D eigenvalue weighted by atomic mass is 9.84. The molecule has 120 valence electrons. The van der Waals surface area contributed by atoms with E-state index in [0.717, 1.165) is 19.6 Å². The number of rotatable bonds is 10. The van der Waals surface area contributed by atoms with Crippen molar-refractivity contribution in [3.63, 3.8) is 0 Å². The van der Waals surface area contributed by atoms with E-state index in [0.29, 0.717) is 6.04 Å². The molecule has 1 aromatic carbocycles. The molecule has 0 aliphatic rings. The molecule has 0 bridgehead atoms. The molecule has 2 heteroatoms. The van der Waals surface area contributed by atoms with Crippen molar-refractivity contribution in [3.8, 4) is 0 Å². The Morgan fingerprint density at radius 2 is 1.76 bits per heavy atom. The largest absolute Gasteiger partial charge is 0.371 e. The fourth-order valence-corrected chi connectivity index (χ4v) is 2.55. The molecule has 21 heavy (non-hydrogen) atoms. The summed E-state index contributed by atoms with van der Waals surface area (Å²) in [6, 6.07) is 11.4. The molecule has 1 unspecified atom stereocenters. The average molecular weight is 290 g/mol. The van der Waals surface area contributed by atoms with Crippen molar-refractivity contribution >= 4 is 5.69 Å². The van der Waals surface area contributed by atoms with E-state index in [9.17, 15) is 0 Å². The Bertz CT molecular complexity index is 372. The summed E-state index contributed by atoms with van der Waals surface area (Å²) in [5.41, 5.74) is 1.60. The highest BCUT2D eigenvalue weighted by Gasteiger charge is 2.28. The van der Waals surface area contributed by atoms with Gasteiger partial charge in [0, 0.05) is 24.8 Å². The summed E-state index contributed by atoms with van der Waals surface area (Å²) in [7, 11) is 0. The van der Waals surface area contributed by atoms with E-state index in [-0.39, 0.29) is 5.41 Å². The lowest BCUT2D eigenvalue weighted by molar-refractivity contribution is 0.260. The van der Waals surface area contributed by atoms with Gasteiger partial charge in [-0.05, 0) is 43.9 Å². The summed E-state index contributed by atoms with van der Waals surface area (Å²) in [4.78, 5) is 2.55. The molecule has 0 radical (unpaired) electrons. The van der Waals surface area contributed by atoms with Gasteiger partial charge in [-0.15, -0.1) is 0 Å². The van der Waals surface area contributed by atoms with Crippen molar-refractivity contribution in [1.82, 2.24) is 5.32 Å². The maximum atomic E-state index is 3.66. The normalized spacial score (nSPS) is 13.2. The molecule has 0 aliphatic heterocycles. The molecule has 1 aromatic rings. The highest BCUT2D eigenvalue weighted by Crippen LogP contribution is 2.26. The van der Waals surface area contributed by atoms with Gasteiger partial charge < -0.3 is 10.2 Å². The molecule has 1 rings (SSSR count). The van der Waals surface area contributed by atoms with Crippen molar-refractivity contribution in [2.24, 2.45) is 5.41 Å². The van der Waals surface area contributed by atoms with Crippen molar-refractivity contribution in [3.05, 3.63) is 30.3 Å². The highest BCUT2D eigenvalue weighted by atomic mass is 15.1. The summed E-state index contributed by atoms with van der Waals surface area (Å²) in [6.45, 7) is 14.9. The molecule has 0 aliphatic carbocycles.